The molecule has 328 valence electrons. The molecule has 4 heterocycles. The van der Waals surface area contributed by atoms with Crippen LogP contribution in [0.3, 0.4) is 0 Å². The predicted octanol–water partition coefficient (Wildman–Crippen LogP) is 6.10. The van der Waals surface area contributed by atoms with Crippen molar-refractivity contribution in [2.24, 2.45) is 5.92 Å². The Balaban J connectivity index is 1.06. The van der Waals surface area contributed by atoms with Crippen LogP contribution in [-0.4, -0.2) is 88.2 Å². The summed E-state index contributed by atoms with van der Waals surface area (Å²) in [6.07, 6.45) is 8.91. The summed E-state index contributed by atoms with van der Waals surface area (Å²) in [6, 6.07) is 7.05. The molecule has 15 nitrogen and oxygen atoms in total. The minimum absolute atomic E-state index is 0.0692. The minimum Gasteiger partial charge on any atom is -0.470 e. The number of halogens is 2. The molecule has 2 aromatic carbocycles. The van der Waals surface area contributed by atoms with Gasteiger partial charge in [-0.15, -0.1) is 0 Å². The number of ether oxygens (including phenoxy) is 2. The highest BCUT2D eigenvalue weighted by Crippen LogP contribution is 2.48. The summed E-state index contributed by atoms with van der Waals surface area (Å²) in [7, 11) is -4.06. The molecule has 3 N–H and O–H groups in total. The summed E-state index contributed by atoms with van der Waals surface area (Å²) in [5.41, 5.74) is -0.607. The molecule has 0 radical (unpaired) electrons. The highest BCUT2D eigenvalue weighted by atomic mass is 32.2. The molecule has 0 bridgehead atoms. The monoisotopic (exact) mass is 874 g/mol. The molecule has 3 aliphatic carbocycles. The number of sulfonamides is 1. The molecule has 2 aromatic heterocycles. The van der Waals surface area contributed by atoms with Gasteiger partial charge in [-0.3, -0.25) is 19.1 Å². The normalized spacial score (nSPS) is 27.0. The number of aromatic nitrogens is 2. The maximum atomic E-state index is 14.8. The van der Waals surface area contributed by atoms with Gasteiger partial charge in [-0.25, -0.2) is 27.0 Å². The van der Waals surface area contributed by atoms with Crippen LogP contribution in [0.25, 0.3) is 33.5 Å². The number of rotatable bonds is 8. The van der Waals surface area contributed by atoms with Crippen LogP contribution in [0.4, 0.5) is 13.6 Å². The summed E-state index contributed by atoms with van der Waals surface area (Å²) < 4.78 is 74.5. The maximum Gasteiger partial charge on any atom is 0.408 e. The van der Waals surface area contributed by atoms with Gasteiger partial charge < -0.3 is 29.4 Å². The lowest BCUT2D eigenvalue weighted by Crippen LogP contribution is -2.58. The molecule has 2 aliphatic heterocycles. The van der Waals surface area contributed by atoms with Gasteiger partial charge in [-0.1, -0.05) is 25.0 Å². The number of alkyl carbamates (subject to hydrolysis) is 1. The average molecular weight is 875 g/mol. The van der Waals surface area contributed by atoms with E-state index >= 15 is 0 Å². The fourth-order valence-corrected chi connectivity index (χ4v) is 10.1. The molecule has 3 saturated carbocycles. The van der Waals surface area contributed by atoms with Crippen LogP contribution in [-0.2, 0) is 29.1 Å². The second-order valence-corrected chi connectivity index (χ2v) is 19.7. The average Bonchev–Trinajstić information content (AvgIpc) is 3.91. The third kappa shape index (κ3) is 8.20. The Morgan fingerprint density at radius 2 is 1.69 bits per heavy atom. The molecular weight excluding hydrogens is 827 g/mol. The van der Waals surface area contributed by atoms with Crippen molar-refractivity contribution < 1.29 is 50.3 Å². The largest absolute Gasteiger partial charge is 0.470 e. The SMILES string of the molecule is CC1(S(=O)(=O)NC(=O)[C@@]23C[C@H]2/C=C\CCCCC[C@H](NC(=O)OC2CCCC2)C(=O)N2C[C@H](Oc4nc(-c5ccc(F)cc5)nc5c4oc4ccc(F)cc45)C[C@H]2C(=O)N3)CC1. The van der Waals surface area contributed by atoms with Gasteiger partial charge in [-0.2, -0.15) is 4.98 Å². The van der Waals surface area contributed by atoms with Crippen molar-refractivity contribution >= 4 is 55.9 Å². The van der Waals surface area contributed by atoms with Crippen molar-refractivity contribution in [2.75, 3.05) is 6.54 Å². The second-order valence-electron chi connectivity index (χ2n) is 17.5. The van der Waals surface area contributed by atoms with Crippen molar-refractivity contribution in [2.45, 2.75) is 125 Å². The summed E-state index contributed by atoms with van der Waals surface area (Å²) in [6.45, 7) is 1.39. The van der Waals surface area contributed by atoms with Crippen molar-refractivity contribution in [1.82, 2.24) is 30.2 Å². The molecule has 4 aromatic rings. The number of hydrogen-bond donors (Lipinski definition) is 3. The lowest BCUT2D eigenvalue weighted by Gasteiger charge is -2.30. The Morgan fingerprint density at radius 3 is 2.45 bits per heavy atom. The lowest BCUT2D eigenvalue weighted by molar-refractivity contribution is -0.141. The zero-order chi connectivity index (χ0) is 43.4. The summed E-state index contributed by atoms with van der Waals surface area (Å²) in [5.74, 6) is -3.63. The fourth-order valence-electron chi connectivity index (χ4n) is 8.84. The number of furan rings is 1. The Hall–Kier alpha value is -5.65. The molecule has 62 heavy (non-hydrogen) atoms. The van der Waals surface area contributed by atoms with Gasteiger partial charge in [-0.05, 0) is 114 Å². The zero-order valence-electron chi connectivity index (χ0n) is 34.2. The van der Waals surface area contributed by atoms with Gasteiger partial charge in [0, 0.05) is 23.3 Å². The summed E-state index contributed by atoms with van der Waals surface area (Å²) in [5, 5.41) is 5.97. The standard InChI is InChI=1S/C44H48F2N6O9S/c1-43(19-20-43)62(57,58)51-41(55)44-23-26(44)9-5-3-2-4-6-12-32(47-42(56)60-29-10-7-8-11-29)40(54)52-24-30(22-33(52)38(53)50-44)59-39-36-35(31-21-28(46)17-18-34(31)61-36)48-37(49-39)25-13-15-27(45)16-14-25/h5,9,13-18,21,26,29-30,32-33H,2-4,6-8,10-12,19-20,22-24H2,1H3,(H,47,56)(H,50,53)(H,51,55)/b9-5-/t26-,30-,32+,33+,44-/m1/s1. The number of nitrogens with zero attached hydrogens (tertiary/aromatic N) is 3. The molecule has 9 rings (SSSR count). The highest BCUT2D eigenvalue weighted by Gasteiger charge is 2.63. The van der Waals surface area contributed by atoms with E-state index in [1.54, 1.807) is 6.92 Å². The van der Waals surface area contributed by atoms with E-state index in [4.69, 9.17) is 13.9 Å². The van der Waals surface area contributed by atoms with Crippen LogP contribution in [0.15, 0.2) is 59.0 Å². The van der Waals surface area contributed by atoms with Crippen molar-refractivity contribution in [3.8, 4) is 17.3 Å². The van der Waals surface area contributed by atoms with Crippen LogP contribution in [0.1, 0.15) is 90.4 Å². The maximum absolute atomic E-state index is 14.8. The first kappa shape index (κ1) is 41.7. The van der Waals surface area contributed by atoms with Gasteiger partial charge in [0.05, 0.1) is 11.3 Å². The fraction of sp³-hybridized carbons (Fsp3) is 0.500. The molecule has 0 spiro atoms. The molecule has 1 saturated heterocycles. The molecule has 5 aliphatic rings. The third-order valence-electron chi connectivity index (χ3n) is 13.0. The first-order valence-corrected chi connectivity index (χ1v) is 22.9. The van der Waals surface area contributed by atoms with Crippen molar-refractivity contribution in [1.29, 1.82) is 0 Å². The molecule has 4 amide bonds. The lowest BCUT2D eigenvalue weighted by atomic mass is 10.0. The van der Waals surface area contributed by atoms with Crippen molar-refractivity contribution in [3.63, 3.8) is 0 Å². The number of carbonyl (C=O) groups is 4. The molecular formula is C44H48F2N6O9S. The van der Waals surface area contributed by atoms with Crippen molar-refractivity contribution in [3.05, 3.63) is 66.3 Å². The predicted molar refractivity (Wildman–Crippen MR) is 221 cm³/mol. The number of carbonyl (C=O) groups excluding carboxylic acids is 4. The summed E-state index contributed by atoms with van der Waals surface area (Å²) in [4.78, 5) is 67.2. The number of benzene rings is 2. The van der Waals surface area contributed by atoms with E-state index < -0.39 is 79.9 Å². The number of hydrogen-bond acceptors (Lipinski definition) is 11. The van der Waals surface area contributed by atoms with Gasteiger partial charge in [0.2, 0.25) is 27.4 Å². The Morgan fingerprint density at radius 1 is 0.952 bits per heavy atom. The minimum atomic E-state index is -4.06. The number of amides is 4. The molecule has 0 unspecified atom stereocenters. The van der Waals surface area contributed by atoms with Gasteiger partial charge in [0.25, 0.3) is 11.8 Å². The van der Waals surface area contributed by atoms with E-state index in [1.807, 2.05) is 12.2 Å². The topological polar surface area (TPSA) is 199 Å². The number of allylic oxidation sites excluding steroid dienone is 1. The van der Waals surface area contributed by atoms with E-state index in [9.17, 15) is 36.4 Å². The highest BCUT2D eigenvalue weighted by molar-refractivity contribution is 7.91. The van der Waals surface area contributed by atoms with Gasteiger partial charge >= 0.3 is 6.09 Å². The molecule has 4 fully saturated rings. The second kappa shape index (κ2) is 16.2. The Labute approximate surface area is 356 Å². The molecule has 5 atom stereocenters. The third-order valence-corrected chi connectivity index (χ3v) is 15.1. The van der Waals surface area contributed by atoms with E-state index in [0.29, 0.717) is 43.1 Å². The quantitative estimate of drug-likeness (QED) is 0.173. The van der Waals surface area contributed by atoms with E-state index in [2.05, 4.69) is 25.3 Å². The van der Waals surface area contributed by atoms with Crippen LogP contribution in [0, 0.1) is 17.6 Å². The van der Waals surface area contributed by atoms with Crippen LogP contribution < -0.4 is 20.1 Å². The molecule has 18 heteroatoms. The Kier molecular flexibility index (Phi) is 10.9. The van der Waals surface area contributed by atoms with E-state index in [1.165, 1.54) is 47.4 Å². The number of nitrogens with one attached hydrogen (secondary N) is 3. The Bertz CT molecular complexity index is 2580. The number of fused-ring (bicyclic) bond motifs is 5. The van der Waals surface area contributed by atoms with E-state index in [0.717, 1.165) is 32.1 Å². The zero-order valence-corrected chi connectivity index (χ0v) is 35.0. The van der Waals surface area contributed by atoms with Gasteiger partial charge in [0.1, 0.15) is 52.6 Å². The van der Waals surface area contributed by atoms with Crippen LogP contribution in [0.5, 0.6) is 5.88 Å². The first-order chi connectivity index (χ1) is 29.7. The van der Waals surface area contributed by atoms with Gasteiger partial charge in [0.15, 0.2) is 5.82 Å². The first-order valence-electron chi connectivity index (χ1n) is 21.4. The summed E-state index contributed by atoms with van der Waals surface area (Å²) >= 11 is 0. The van der Waals surface area contributed by atoms with Crippen LogP contribution >= 0.6 is 0 Å². The van der Waals surface area contributed by atoms with Crippen LogP contribution in [0.2, 0.25) is 0 Å². The smallest absolute Gasteiger partial charge is 0.408 e. The van der Waals surface area contributed by atoms with E-state index in [-0.39, 0.29) is 60.3 Å².